The molecule has 0 bridgehead atoms. The highest BCUT2D eigenvalue weighted by Crippen LogP contribution is 2.37. The van der Waals surface area contributed by atoms with Gasteiger partial charge in [0.25, 0.3) is 0 Å². The predicted octanol–water partition coefficient (Wildman–Crippen LogP) is 3.78. The number of carbonyl (C=O) groups is 1. The molecule has 35 heavy (non-hydrogen) atoms. The molecule has 2 heterocycles. The van der Waals surface area contributed by atoms with Crippen LogP contribution in [0.3, 0.4) is 0 Å². The number of amides is 1. The van der Waals surface area contributed by atoms with Crippen LogP contribution in [0.1, 0.15) is 57.4 Å². The fourth-order valence-corrected chi connectivity index (χ4v) is 5.22. The van der Waals surface area contributed by atoms with Crippen LogP contribution in [-0.2, 0) is 4.79 Å². The SMILES string of the molecule is NC(=O)C1CCC(n2c(Nc3c(F)cccc3F)nc3cnc(N[C@@H]4CCC[C@H](O)C4)nc32)CC1. The second-order valence-electron chi connectivity index (χ2n) is 9.50. The zero-order chi connectivity index (χ0) is 24.5. The zero-order valence-electron chi connectivity index (χ0n) is 19.3. The average molecular weight is 486 g/mol. The van der Waals surface area contributed by atoms with Crippen molar-refractivity contribution in [3.8, 4) is 0 Å². The van der Waals surface area contributed by atoms with Gasteiger partial charge in [0.2, 0.25) is 17.8 Å². The number of aliphatic hydroxyl groups is 1. The van der Waals surface area contributed by atoms with Crippen LogP contribution in [0.5, 0.6) is 0 Å². The van der Waals surface area contributed by atoms with Gasteiger partial charge in [-0.05, 0) is 63.5 Å². The molecule has 0 radical (unpaired) electrons. The Hall–Kier alpha value is -3.34. The van der Waals surface area contributed by atoms with Crippen molar-refractivity contribution in [2.24, 2.45) is 11.7 Å². The lowest BCUT2D eigenvalue weighted by atomic mass is 9.85. The maximum absolute atomic E-state index is 14.4. The Labute approximate surface area is 201 Å². The van der Waals surface area contributed by atoms with Gasteiger partial charge in [0, 0.05) is 18.0 Å². The van der Waals surface area contributed by atoms with E-state index in [2.05, 4.69) is 20.6 Å². The van der Waals surface area contributed by atoms with Crippen LogP contribution < -0.4 is 16.4 Å². The number of hydrogen-bond acceptors (Lipinski definition) is 7. The van der Waals surface area contributed by atoms with Crippen molar-refractivity contribution in [1.82, 2.24) is 19.5 Å². The van der Waals surface area contributed by atoms with Crippen molar-refractivity contribution >= 4 is 34.7 Å². The number of primary amides is 1. The average Bonchev–Trinajstić information content (AvgIpc) is 3.19. The van der Waals surface area contributed by atoms with Gasteiger partial charge in [0.15, 0.2) is 5.65 Å². The molecule has 5 N–H and O–H groups in total. The first-order chi connectivity index (χ1) is 16.9. The third kappa shape index (κ3) is 4.90. The first kappa shape index (κ1) is 23.4. The number of carbonyl (C=O) groups excluding carboxylic acids is 1. The number of hydrogen-bond donors (Lipinski definition) is 4. The van der Waals surface area contributed by atoms with E-state index < -0.39 is 11.6 Å². The van der Waals surface area contributed by atoms with Crippen LogP contribution in [0.4, 0.5) is 26.4 Å². The van der Waals surface area contributed by atoms with E-state index in [4.69, 9.17) is 10.7 Å². The number of nitrogens with two attached hydrogens (primary N) is 1. The van der Waals surface area contributed by atoms with Crippen molar-refractivity contribution < 1.29 is 18.7 Å². The van der Waals surface area contributed by atoms with Gasteiger partial charge in [-0.2, -0.15) is 4.98 Å². The number of nitrogens with one attached hydrogen (secondary N) is 2. The maximum atomic E-state index is 14.4. The Morgan fingerprint density at radius 2 is 1.83 bits per heavy atom. The van der Waals surface area contributed by atoms with Gasteiger partial charge in [-0.25, -0.2) is 18.7 Å². The summed E-state index contributed by atoms with van der Waals surface area (Å²) in [6.45, 7) is 0. The molecule has 186 valence electrons. The Morgan fingerprint density at radius 3 is 2.51 bits per heavy atom. The molecule has 2 fully saturated rings. The van der Waals surface area contributed by atoms with Crippen molar-refractivity contribution in [3.63, 3.8) is 0 Å². The van der Waals surface area contributed by atoms with E-state index in [1.807, 2.05) is 4.57 Å². The monoisotopic (exact) mass is 485 g/mol. The molecule has 9 nitrogen and oxygen atoms in total. The number of para-hydroxylation sites is 1. The lowest BCUT2D eigenvalue weighted by Crippen LogP contribution is -2.30. The van der Waals surface area contributed by atoms with Gasteiger partial charge in [0.1, 0.15) is 22.8 Å². The van der Waals surface area contributed by atoms with E-state index in [-0.39, 0.29) is 41.6 Å². The molecule has 2 aliphatic rings. The van der Waals surface area contributed by atoms with E-state index in [1.54, 1.807) is 6.20 Å². The second kappa shape index (κ2) is 9.73. The number of aliphatic hydroxyl groups excluding tert-OH is 1. The molecule has 2 atom stereocenters. The predicted molar refractivity (Wildman–Crippen MR) is 127 cm³/mol. The third-order valence-electron chi connectivity index (χ3n) is 7.08. The number of nitrogens with zero attached hydrogens (tertiary/aromatic N) is 4. The summed E-state index contributed by atoms with van der Waals surface area (Å²) in [6.07, 6.45) is 7.01. The third-order valence-corrected chi connectivity index (χ3v) is 7.08. The molecule has 2 saturated carbocycles. The van der Waals surface area contributed by atoms with Crippen molar-refractivity contribution in [2.75, 3.05) is 10.6 Å². The van der Waals surface area contributed by atoms with Gasteiger partial charge in [0.05, 0.1) is 12.3 Å². The summed E-state index contributed by atoms with van der Waals surface area (Å²) in [5.74, 6) is -1.30. The van der Waals surface area contributed by atoms with Crippen molar-refractivity contribution in [1.29, 1.82) is 0 Å². The summed E-state index contributed by atoms with van der Waals surface area (Å²) < 4.78 is 30.7. The first-order valence-corrected chi connectivity index (χ1v) is 12.1. The molecular formula is C24H29F2N7O2. The topological polar surface area (TPSA) is 131 Å². The van der Waals surface area contributed by atoms with E-state index in [9.17, 15) is 18.7 Å². The summed E-state index contributed by atoms with van der Waals surface area (Å²) in [7, 11) is 0. The number of halogens is 2. The van der Waals surface area contributed by atoms with E-state index in [1.165, 1.54) is 18.2 Å². The van der Waals surface area contributed by atoms with Gasteiger partial charge in [-0.3, -0.25) is 9.36 Å². The minimum atomic E-state index is -0.731. The number of fused-ring (bicyclic) bond motifs is 1. The van der Waals surface area contributed by atoms with Crippen LogP contribution in [-0.4, -0.2) is 42.7 Å². The van der Waals surface area contributed by atoms with Crippen LogP contribution in [0.2, 0.25) is 0 Å². The molecule has 1 amide bonds. The Balaban J connectivity index is 1.51. The molecule has 0 spiro atoms. The fraction of sp³-hybridized carbons (Fsp3) is 0.500. The van der Waals surface area contributed by atoms with Gasteiger partial charge >= 0.3 is 0 Å². The molecular weight excluding hydrogens is 456 g/mol. The lowest BCUT2D eigenvalue weighted by Gasteiger charge is -2.29. The number of imidazole rings is 1. The normalized spacial score (nSPS) is 24.9. The molecule has 2 aliphatic carbocycles. The highest BCUT2D eigenvalue weighted by molar-refractivity contribution is 5.78. The fourth-order valence-electron chi connectivity index (χ4n) is 5.22. The minimum absolute atomic E-state index is 0.0590. The highest BCUT2D eigenvalue weighted by Gasteiger charge is 2.30. The second-order valence-corrected chi connectivity index (χ2v) is 9.50. The van der Waals surface area contributed by atoms with E-state index >= 15 is 0 Å². The zero-order valence-corrected chi connectivity index (χ0v) is 19.3. The molecule has 2 aromatic heterocycles. The van der Waals surface area contributed by atoms with Crippen molar-refractivity contribution in [2.45, 2.75) is 69.6 Å². The minimum Gasteiger partial charge on any atom is -0.393 e. The largest absolute Gasteiger partial charge is 0.393 e. The Kier molecular flexibility index (Phi) is 6.50. The van der Waals surface area contributed by atoms with Crippen LogP contribution in [0.15, 0.2) is 24.4 Å². The molecule has 0 unspecified atom stereocenters. The maximum Gasteiger partial charge on any atom is 0.224 e. The number of benzene rings is 1. The standard InChI is InChI=1S/C24H29F2N7O2/c25-17-5-2-6-18(26)20(17)31-24-30-19-12-28-23(29-14-3-1-4-16(34)11-14)32-22(19)33(24)15-9-7-13(8-10-15)21(27)35/h2,5-6,12-16,34H,1,3-4,7-11H2,(H2,27,35)(H,30,31)(H,28,29,32)/t13?,14-,15?,16+/m1/s1. The van der Waals surface area contributed by atoms with Crippen LogP contribution in [0, 0.1) is 17.6 Å². The summed E-state index contributed by atoms with van der Waals surface area (Å²) in [6, 6.07) is 3.62. The Bertz CT molecular complexity index is 1210. The van der Waals surface area contributed by atoms with Crippen LogP contribution >= 0.6 is 0 Å². The molecule has 0 aliphatic heterocycles. The van der Waals surface area contributed by atoms with E-state index in [0.717, 1.165) is 19.3 Å². The summed E-state index contributed by atoms with van der Waals surface area (Å²) in [5, 5.41) is 16.1. The number of rotatable bonds is 6. The van der Waals surface area contributed by atoms with Gasteiger partial charge in [-0.1, -0.05) is 6.07 Å². The van der Waals surface area contributed by atoms with Crippen molar-refractivity contribution in [3.05, 3.63) is 36.0 Å². The number of aromatic nitrogens is 4. The molecule has 3 aromatic rings. The summed E-state index contributed by atoms with van der Waals surface area (Å²) >= 11 is 0. The molecule has 11 heteroatoms. The first-order valence-electron chi connectivity index (χ1n) is 12.1. The molecule has 1 aromatic carbocycles. The van der Waals surface area contributed by atoms with Gasteiger partial charge in [-0.15, -0.1) is 0 Å². The quantitative estimate of drug-likeness (QED) is 0.418. The smallest absolute Gasteiger partial charge is 0.224 e. The van der Waals surface area contributed by atoms with Crippen LogP contribution in [0.25, 0.3) is 11.2 Å². The number of anilines is 3. The van der Waals surface area contributed by atoms with Gasteiger partial charge < -0.3 is 21.5 Å². The summed E-state index contributed by atoms with van der Waals surface area (Å²) in [4.78, 5) is 25.3. The molecule has 5 rings (SSSR count). The summed E-state index contributed by atoms with van der Waals surface area (Å²) in [5.41, 5.74) is 6.22. The highest BCUT2D eigenvalue weighted by atomic mass is 19.1. The Morgan fingerprint density at radius 1 is 1.09 bits per heavy atom. The molecule has 0 saturated heterocycles. The van der Waals surface area contributed by atoms with E-state index in [0.29, 0.717) is 49.2 Å². The lowest BCUT2D eigenvalue weighted by molar-refractivity contribution is -0.122.